The maximum Gasteiger partial charge on any atom is 0.0693 e. The van der Waals surface area contributed by atoms with Gasteiger partial charge in [-0.2, -0.15) is 5.10 Å². The molecule has 1 aromatic heterocycles. The van der Waals surface area contributed by atoms with Gasteiger partial charge < -0.3 is 5.73 Å². The summed E-state index contributed by atoms with van der Waals surface area (Å²) in [6.07, 6.45) is 2.85. The van der Waals surface area contributed by atoms with Crippen molar-refractivity contribution < 1.29 is 0 Å². The number of hydrogen-bond donors (Lipinski definition) is 1. The molecule has 0 saturated carbocycles. The summed E-state index contributed by atoms with van der Waals surface area (Å²) in [6, 6.07) is 6.17. The Labute approximate surface area is 91.0 Å². The van der Waals surface area contributed by atoms with Crippen LogP contribution in [0.1, 0.15) is 6.42 Å². The lowest BCUT2D eigenvalue weighted by atomic mass is 10.2. The maximum absolute atomic E-state index is 5.47. The van der Waals surface area contributed by atoms with E-state index in [9.17, 15) is 0 Å². The number of rotatable bonds is 3. The minimum Gasteiger partial charge on any atom is -0.330 e. The number of hydrogen-bond acceptors (Lipinski definition) is 2. The minimum absolute atomic E-state index is 0.704. The lowest BCUT2D eigenvalue weighted by Crippen LogP contribution is -2.06. The first-order chi connectivity index (χ1) is 6.81. The molecule has 0 aliphatic carbocycles. The molecule has 0 atom stereocenters. The van der Waals surface area contributed by atoms with Gasteiger partial charge in [-0.15, -0.1) is 0 Å². The van der Waals surface area contributed by atoms with E-state index in [0.717, 1.165) is 23.0 Å². The van der Waals surface area contributed by atoms with Gasteiger partial charge in [0, 0.05) is 16.4 Å². The van der Waals surface area contributed by atoms with Gasteiger partial charge in [0.15, 0.2) is 0 Å². The average Bonchev–Trinajstić information content (AvgIpc) is 2.57. The highest BCUT2D eigenvalue weighted by Crippen LogP contribution is 2.19. The second-order valence-electron chi connectivity index (χ2n) is 3.21. The van der Waals surface area contributed by atoms with Gasteiger partial charge in [0.25, 0.3) is 0 Å². The molecule has 4 heteroatoms. The highest BCUT2D eigenvalue weighted by atomic mass is 79.9. The molecule has 2 rings (SSSR count). The Balaban J connectivity index is 2.40. The van der Waals surface area contributed by atoms with Crippen LogP contribution in [-0.2, 0) is 6.54 Å². The molecule has 0 bridgehead atoms. The molecule has 2 N–H and O–H groups in total. The molecule has 0 aliphatic heterocycles. The zero-order valence-corrected chi connectivity index (χ0v) is 9.37. The maximum atomic E-state index is 5.47. The van der Waals surface area contributed by atoms with Gasteiger partial charge >= 0.3 is 0 Å². The van der Waals surface area contributed by atoms with E-state index in [4.69, 9.17) is 5.73 Å². The zero-order valence-electron chi connectivity index (χ0n) is 7.78. The lowest BCUT2D eigenvalue weighted by Gasteiger charge is -2.01. The predicted octanol–water partition coefficient (Wildman–Crippen LogP) is 2.15. The van der Waals surface area contributed by atoms with Gasteiger partial charge in [0.05, 0.1) is 11.7 Å². The highest BCUT2D eigenvalue weighted by molar-refractivity contribution is 9.10. The van der Waals surface area contributed by atoms with E-state index in [-0.39, 0.29) is 0 Å². The second kappa shape index (κ2) is 4.11. The molecule has 0 unspecified atom stereocenters. The van der Waals surface area contributed by atoms with Crippen molar-refractivity contribution in [2.75, 3.05) is 6.54 Å². The third kappa shape index (κ3) is 1.81. The molecular weight excluding hydrogens is 242 g/mol. The topological polar surface area (TPSA) is 43.8 Å². The molecular formula is C10H12BrN3. The van der Waals surface area contributed by atoms with Gasteiger partial charge in [-0.25, -0.2) is 0 Å². The SMILES string of the molecule is NCCCn1ncc2ccc(Br)cc21. The molecule has 3 nitrogen and oxygen atoms in total. The van der Waals surface area contributed by atoms with Gasteiger partial charge in [-0.1, -0.05) is 22.0 Å². The Hall–Kier alpha value is -0.870. The van der Waals surface area contributed by atoms with Gasteiger partial charge in [0.1, 0.15) is 0 Å². The summed E-state index contributed by atoms with van der Waals surface area (Å²) in [5.74, 6) is 0. The van der Waals surface area contributed by atoms with E-state index in [2.05, 4.69) is 33.2 Å². The molecule has 1 heterocycles. The average molecular weight is 254 g/mol. The number of aryl methyl sites for hydroxylation is 1. The number of fused-ring (bicyclic) bond motifs is 1. The first-order valence-electron chi connectivity index (χ1n) is 4.62. The molecule has 0 saturated heterocycles. The van der Waals surface area contributed by atoms with Crippen LogP contribution in [0.4, 0.5) is 0 Å². The fourth-order valence-corrected chi connectivity index (χ4v) is 1.81. The fraction of sp³-hybridized carbons (Fsp3) is 0.300. The van der Waals surface area contributed by atoms with Crippen molar-refractivity contribution in [1.29, 1.82) is 0 Å². The van der Waals surface area contributed by atoms with Crippen molar-refractivity contribution in [2.45, 2.75) is 13.0 Å². The number of aromatic nitrogens is 2. The van der Waals surface area contributed by atoms with E-state index in [0.29, 0.717) is 6.54 Å². The van der Waals surface area contributed by atoms with Crippen molar-refractivity contribution in [3.63, 3.8) is 0 Å². The van der Waals surface area contributed by atoms with Crippen LogP contribution >= 0.6 is 15.9 Å². The summed E-state index contributed by atoms with van der Waals surface area (Å²) < 4.78 is 3.08. The van der Waals surface area contributed by atoms with Crippen LogP contribution in [0.5, 0.6) is 0 Å². The van der Waals surface area contributed by atoms with Crippen molar-refractivity contribution in [3.8, 4) is 0 Å². The lowest BCUT2D eigenvalue weighted by molar-refractivity contribution is 0.602. The molecule has 0 aliphatic rings. The van der Waals surface area contributed by atoms with E-state index >= 15 is 0 Å². The summed E-state index contributed by atoms with van der Waals surface area (Å²) in [7, 11) is 0. The van der Waals surface area contributed by atoms with E-state index < -0.39 is 0 Å². The Morgan fingerprint density at radius 2 is 2.29 bits per heavy atom. The van der Waals surface area contributed by atoms with Crippen molar-refractivity contribution >= 4 is 26.8 Å². The summed E-state index contributed by atoms with van der Waals surface area (Å²) in [5, 5.41) is 5.49. The zero-order chi connectivity index (χ0) is 9.97. The van der Waals surface area contributed by atoms with Crippen LogP contribution < -0.4 is 5.73 Å². The standard InChI is InChI=1S/C10H12BrN3/c11-9-3-2-8-7-13-14(5-1-4-12)10(8)6-9/h2-3,6-7H,1,4-5,12H2. The normalized spacial score (nSPS) is 11.0. The van der Waals surface area contributed by atoms with Gasteiger partial charge in [0.2, 0.25) is 0 Å². The molecule has 0 radical (unpaired) electrons. The highest BCUT2D eigenvalue weighted by Gasteiger charge is 2.01. The summed E-state index contributed by atoms with van der Waals surface area (Å²) in [4.78, 5) is 0. The third-order valence-electron chi connectivity index (χ3n) is 2.18. The molecule has 0 amide bonds. The first kappa shape index (κ1) is 9.68. The van der Waals surface area contributed by atoms with E-state index in [1.807, 2.05) is 16.9 Å². The van der Waals surface area contributed by atoms with Crippen molar-refractivity contribution in [2.24, 2.45) is 5.73 Å². The Bertz CT molecular complexity index is 436. The van der Waals surface area contributed by atoms with Crippen molar-refractivity contribution in [1.82, 2.24) is 9.78 Å². The van der Waals surface area contributed by atoms with E-state index in [1.165, 1.54) is 5.39 Å². The van der Waals surface area contributed by atoms with Crippen LogP contribution in [0.2, 0.25) is 0 Å². The van der Waals surface area contributed by atoms with Crippen molar-refractivity contribution in [3.05, 3.63) is 28.9 Å². The predicted molar refractivity (Wildman–Crippen MR) is 61.1 cm³/mol. The number of halogens is 1. The van der Waals surface area contributed by atoms with Crippen LogP contribution in [-0.4, -0.2) is 16.3 Å². The molecule has 74 valence electrons. The quantitative estimate of drug-likeness (QED) is 0.911. The number of benzene rings is 1. The molecule has 0 fully saturated rings. The summed E-state index contributed by atoms with van der Waals surface area (Å²) in [5.41, 5.74) is 6.63. The van der Waals surface area contributed by atoms with E-state index in [1.54, 1.807) is 0 Å². The monoisotopic (exact) mass is 253 g/mol. The van der Waals surface area contributed by atoms with Crippen LogP contribution in [0.15, 0.2) is 28.9 Å². The van der Waals surface area contributed by atoms with Gasteiger partial charge in [-0.3, -0.25) is 4.68 Å². The molecule has 1 aromatic carbocycles. The minimum atomic E-state index is 0.704. The smallest absolute Gasteiger partial charge is 0.0693 e. The molecule has 14 heavy (non-hydrogen) atoms. The summed E-state index contributed by atoms with van der Waals surface area (Å²) >= 11 is 3.45. The largest absolute Gasteiger partial charge is 0.330 e. The Morgan fingerprint density at radius 1 is 1.43 bits per heavy atom. The number of nitrogens with two attached hydrogens (primary N) is 1. The van der Waals surface area contributed by atoms with Gasteiger partial charge in [-0.05, 0) is 25.1 Å². The second-order valence-corrected chi connectivity index (χ2v) is 4.13. The molecule has 2 aromatic rings. The molecule has 0 spiro atoms. The fourth-order valence-electron chi connectivity index (χ4n) is 1.46. The summed E-state index contributed by atoms with van der Waals surface area (Å²) in [6.45, 7) is 1.59. The first-order valence-corrected chi connectivity index (χ1v) is 5.41. The van der Waals surface area contributed by atoms with Crippen LogP contribution in [0.25, 0.3) is 10.9 Å². The Kier molecular flexibility index (Phi) is 2.84. The Morgan fingerprint density at radius 3 is 3.07 bits per heavy atom. The third-order valence-corrected chi connectivity index (χ3v) is 2.67. The van der Waals surface area contributed by atoms with Crippen LogP contribution in [0.3, 0.4) is 0 Å². The number of nitrogens with zero attached hydrogens (tertiary/aromatic N) is 2. The van der Waals surface area contributed by atoms with Crippen LogP contribution in [0, 0.1) is 0 Å².